The molecule has 0 aliphatic carbocycles. The van der Waals surface area contributed by atoms with Crippen LogP contribution in [0.5, 0.6) is 0 Å². The number of rotatable bonds is 2. The molecule has 0 amide bonds. The van der Waals surface area contributed by atoms with Crippen LogP contribution in [0, 0.1) is 0 Å². The zero-order valence-electron chi connectivity index (χ0n) is 5.38. The van der Waals surface area contributed by atoms with Crippen LogP contribution in [0.1, 0.15) is 6.92 Å². The van der Waals surface area contributed by atoms with E-state index >= 15 is 0 Å². The van der Waals surface area contributed by atoms with Gasteiger partial charge < -0.3 is 19.6 Å². The van der Waals surface area contributed by atoms with Crippen molar-refractivity contribution in [1.82, 2.24) is 0 Å². The van der Waals surface area contributed by atoms with Crippen molar-refractivity contribution >= 4 is 15.2 Å². The average molecular weight is 254 g/mol. The molecule has 0 saturated carbocycles. The Hall–Kier alpha value is 0.819. The molecular formula is C2H8CuO6P2. The predicted molar refractivity (Wildman–Crippen MR) is 33.6 cm³/mol. The quantitative estimate of drug-likeness (QED) is 0.396. The Morgan fingerprint density at radius 1 is 1.00 bits per heavy atom. The first-order chi connectivity index (χ1) is 4.15. The summed E-state index contributed by atoms with van der Waals surface area (Å²) in [6.45, 7) is 0.807. The largest absolute Gasteiger partial charge is 0.340 e. The Bertz CT molecular complexity index is 181. The topological polar surface area (TPSA) is 115 Å². The first kappa shape index (κ1) is 14.3. The second kappa shape index (κ2) is 4.17. The monoisotopic (exact) mass is 253 g/mol. The maximum Gasteiger partial charge on any atom is 0.340 e. The molecule has 0 heterocycles. The van der Waals surface area contributed by atoms with Crippen molar-refractivity contribution in [2.24, 2.45) is 0 Å². The van der Waals surface area contributed by atoms with E-state index < -0.39 is 20.6 Å². The Morgan fingerprint density at radius 2 is 1.18 bits per heavy atom. The molecular weight excluding hydrogens is 246 g/mol. The van der Waals surface area contributed by atoms with Gasteiger partial charge in [-0.3, -0.25) is 9.13 Å². The minimum absolute atomic E-state index is 0. The van der Waals surface area contributed by atoms with E-state index in [1.807, 2.05) is 0 Å². The molecule has 0 unspecified atom stereocenters. The van der Waals surface area contributed by atoms with E-state index in [9.17, 15) is 9.13 Å². The molecule has 6 nitrogen and oxygen atoms in total. The summed E-state index contributed by atoms with van der Waals surface area (Å²) >= 11 is 0. The number of hydrogen-bond acceptors (Lipinski definition) is 2. The van der Waals surface area contributed by atoms with Crippen LogP contribution in [0.15, 0.2) is 0 Å². The van der Waals surface area contributed by atoms with Gasteiger partial charge in [-0.15, -0.1) is 0 Å². The molecule has 1 radical (unpaired) electrons. The SMILES string of the molecule is CC(P(=O)(O)O)P(=O)(O)O.[Cu]. The molecule has 0 atom stereocenters. The van der Waals surface area contributed by atoms with Crippen LogP contribution in [0.4, 0.5) is 0 Å². The van der Waals surface area contributed by atoms with E-state index in [4.69, 9.17) is 19.6 Å². The zero-order chi connectivity index (χ0) is 8.58. The third-order valence-electron chi connectivity index (χ3n) is 0.974. The molecule has 11 heavy (non-hydrogen) atoms. The Balaban J connectivity index is 0. The van der Waals surface area contributed by atoms with E-state index in [1.54, 1.807) is 0 Å². The minimum atomic E-state index is -4.64. The molecule has 4 N–H and O–H groups in total. The molecule has 0 aliphatic heterocycles. The van der Waals surface area contributed by atoms with Crippen LogP contribution in [0.25, 0.3) is 0 Å². The van der Waals surface area contributed by atoms with Crippen LogP contribution in [0.2, 0.25) is 0 Å². The first-order valence-electron chi connectivity index (χ1n) is 2.26. The van der Waals surface area contributed by atoms with Crippen molar-refractivity contribution in [2.75, 3.05) is 0 Å². The molecule has 0 bridgehead atoms. The van der Waals surface area contributed by atoms with Gasteiger partial charge in [0, 0.05) is 17.1 Å². The van der Waals surface area contributed by atoms with Crippen LogP contribution >= 0.6 is 15.2 Å². The van der Waals surface area contributed by atoms with Gasteiger partial charge in [0.2, 0.25) is 0 Å². The third-order valence-corrected chi connectivity index (χ3v) is 4.73. The third kappa shape index (κ3) is 5.12. The van der Waals surface area contributed by atoms with E-state index in [1.165, 1.54) is 0 Å². The maximum atomic E-state index is 10.2. The standard InChI is InChI=1S/C2H8O6P2.Cu/c1-2(9(3,4)5)10(6,7)8;/h2H,1H3,(H2,3,4,5)(H2,6,7,8);. The fourth-order valence-corrected chi connectivity index (χ4v) is 1.76. The second-order valence-corrected chi connectivity index (χ2v) is 6.12. The molecule has 0 aromatic heterocycles. The van der Waals surface area contributed by atoms with Crippen molar-refractivity contribution in [3.05, 3.63) is 0 Å². The van der Waals surface area contributed by atoms with Crippen LogP contribution < -0.4 is 0 Å². The van der Waals surface area contributed by atoms with Crippen molar-refractivity contribution in [3.63, 3.8) is 0 Å². The Morgan fingerprint density at radius 3 is 1.18 bits per heavy atom. The van der Waals surface area contributed by atoms with Crippen molar-refractivity contribution in [1.29, 1.82) is 0 Å². The maximum absolute atomic E-state index is 10.2. The predicted octanol–water partition coefficient (Wildman–Crippen LogP) is -0.315. The average Bonchev–Trinajstić information content (AvgIpc) is 1.59. The van der Waals surface area contributed by atoms with Gasteiger partial charge >= 0.3 is 15.2 Å². The molecule has 9 heteroatoms. The first-order valence-corrected chi connectivity index (χ1v) is 5.62. The summed E-state index contributed by atoms with van der Waals surface area (Å²) in [6.07, 6.45) is 0. The molecule has 0 aliphatic rings. The van der Waals surface area contributed by atoms with Gasteiger partial charge in [-0.05, 0) is 6.92 Å². The van der Waals surface area contributed by atoms with Crippen LogP contribution in [0.3, 0.4) is 0 Å². The van der Waals surface area contributed by atoms with Crippen molar-refractivity contribution in [3.8, 4) is 0 Å². The van der Waals surface area contributed by atoms with E-state index in [0.29, 0.717) is 0 Å². The zero-order valence-corrected chi connectivity index (χ0v) is 8.11. The molecule has 0 rings (SSSR count). The fraction of sp³-hybridized carbons (Fsp3) is 1.00. The van der Waals surface area contributed by atoms with Gasteiger partial charge in [-0.1, -0.05) is 0 Å². The summed E-state index contributed by atoms with van der Waals surface area (Å²) < 4.78 is 20.4. The summed E-state index contributed by atoms with van der Waals surface area (Å²) in [7, 11) is -9.28. The van der Waals surface area contributed by atoms with Gasteiger partial charge in [-0.2, -0.15) is 0 Å². The molecule has 0 fully saturated rings. The van der Waals surface area contributed by atoms with Gasteiger partial charge in [0.05, 0.1) is 0 Å². The summed E-state index contributed by atoms with van der Waals surface area (Å²) in [5.41, 5.74) is 0. The van der Waals surface area contributed by atoms with Crippen molar-refractivity contribution < 1.29 is 45.8 Å². The number of hydrogen-bond donors (Lipinski definition) is 4. The van der Waals surface area contributed by atoms with E-state index in [0.717, 1.165) is 6.92 Å². The second-order valence-electron chi connectivity index (χ2n) is 1.81. The summed E-state index contributed by atoms with van der Waals surface area (Å²) in [6, 6.07) is 0. The Labute approximate surface area is 73.8 Å². The van der Waals surface area contributed by atoms with Gasteiger partial charge in [0.1, 0.15) is 0 Å². The molecule has 0 saturated heterocycles. The summed E-state index contributed by atoms with van der Waals surface area (Å²) in [5.74, 6) is 0. The van der Waals surface area contributed by atoms with Gasteiger partial charge in [0.25, 0.3) is 0 Å². The van der Waals surface area contributed by atoms with Crippen LogP contribution in [-0.2, 0) is 26.2 Å². The normalized spacial score (nSPS) is 12.9. The van der Waals surface area contributed by atoms with E-state index in [2.05, 4.69) is 0 Å². The summed E-state index contributed by atoms with van der Waals surface area (Å²) in [4.78, 5) is 33.0. The molecule has 0 spiro atoms. The summed E-state index contributed by atoms with van der Waals surface area (Å²) in [5, 5.41) is -1.90. The van der Waals surface area contributed by atoms with Crippen LogP contribution in [-0.4, -0.2) is 25.0 Å². The van der Waals surface area contributed by atoms with Gasteiger partial charge in [-0.25, -0.2) is 0 Å². The van der Waals surface area contributed by atoms with Gasteiger partial charge in [0.15, 0.2) is 5.40 Å². The Kier molecular flexibility index (Phi) is 5.44. The van der Waals surface area contributed by atoms with Crippen molar-refractivity contribution in [2.45, 2.75) is 12.3 Å². The molecule has 73 valence electrons. The fourth-order valence-electron chi connectivity index (χ4n) is 0.196. The minimum Gasteiger partial charge on any atom is -0.324 e. The molecule has 0 aromatic carbocycles. The molecule has 0 aromatic rings. The smallest absolute Gasteiger partial charge is 0.324 e. The van der Waals surface area contributed by atoms with E-state index in [-0.39, 0.29) is 17.1 Å².